The fraction of sp³-hybridized carbons (Fsp3) is 0.240. The van der Waals surface area contributed by atoms with Gasteiger partial charge in [0.05, 0.1) is 24.4 Å². The maximum atomic E-state index is 9.77. The average molecular weight is 519 g/mol. The average Bonchev–Trinajstić information content (AvgIpc) is 3.67. The molecule has 37 heavy (non-hydrogen) atoms. The number of nitrogens with two attached hydrogens (primary N) is 3. The van der Waals surface area contributed by atoms with Gasteiger partial charge in [0.25, 0.3) is 0 Å². The van der Waals surface area contributed by atoms with Crippen molar-refractivity contribution in [3.63, 3.8) is 0 Å². The monoisotopic (exact) mass is 518 g/mol. The van der Waals surface area contributed by atoms with Crippen molar-refractivity contribution in [2.24, 2.45) is 27.7 Å². The van der Waals surface area contributed by atoms with Crippen molar-refractivity contribution in [2.75, 3.05) is 0 Å². The summed E-state index contributed by atoms with van der Waals surface area (Å²) in [7, 11) is 0. The molecule has 10 N–H and O–H groups in total. The lowest BCUT2D eigenvalue weighted by atomic mass is 10.2. The molecule has 3 aromatic heterocycles. The molecule has 3 aromatic rings. The number of carbonyl (C=O) groups excluding carboxylic acids is 1. The lowest BCUT2D eigenvalue weighted by molar-refractivity contribution is -0.104. The smallest absolute Gasteiger partial charge is 0.142 e. The number of carbonyl (C=O) groups is 1. The van der Waals surface area contributed by atoms with Gasteiger partial charge in [0.2, 0.25) is 0 Å². The first-order chi connectivity index (χ1) is 17.3. The molecule has 12 heteroatoms. The first-order valence-electron chi connectivity index (χ1n) is 10.8. The summed E-state index contributed by atoms with van der Waals surface area (Å²) in [6.07, 6.45) is 16.3. The van der Waals surface area contributed by atoms with Gasteiger partial charge in [-0.25, -0.2) is 0 Å². The lowest BCUT2D eigenvalue weighted by Crippen LogP contribution is -2.10. The van der Waals surface area contributed by atoms with Crippen LogP contribution in [0.25, 0.3) is 12.2 Å². The minimum atomic E-state index is -0.500. The molecule has 0 spiro atoms. The highest BCUT2D eigenvalue weighted by molar-refractivity contribution is 5.77. The minimum absolute atomic E-state index is 0. The molecule has 0 aliphatic carbocycles. The van der Waals surface area contributed by atoms with E-state index < -0.39 is 5.60 Å². The number of nitrogens with one attached hydrogen (secondary N) is 1. The zero-order chi connectivity index (χ0) is 27.1. The van der Waals surface area contributed by atoms with Crippen LogP contribution in [0.1, 0.15) is 50.5 Å². The van der Waals surface area contributed by atoms with Gasteiger partial charge in [0, 0.05) is 18.9 Å². The third kappa shape index (κ3) is 20.8. The van der Waals surface area contributed by atoms with Crippen LogP contribution >= 0.6 is 0 Å². The van der Waals surface area contributed by atoms with Crippen molar-refractivity contribution in [3.05, 3.63) is 84.6 Å². The fourth-order valence-corrected chi connectivity index (χ4v) is 2.12. The molecule has 0 fully saturated rings. The van der Waals surface area contributed by atoms with Gasteiger partial charge >= 0.3 is 0 Å². The number of hydrogen-bond donors (Lipinski definition) is 5. The molecule has 1 aliphatic rings. The summed E-state index contributed by atoms with van der Waals surface area (Å²) in [5.41, 5.74) is 2.43. The molecule has 4 heterocycles. The Bertz CT molecular complexity index is 975. The molecular formula is C25H38N6O6. The van der Waals surface area contributed by atoms with E-state index in [0.717, 1.165) is 17.9 Å². The standard InChI is InChI=1S/2C7H8N2O.C7H6O2.C4H10O.H4N2.H2O/c1-2-7(10-5-1)6-3-4-8-9-6;8-9-5-1-3-7-4-2-6-10-7;8-5-1-3-7-4-2-6-9-7;1-4(2,3)5;1-2;/h1-2,4-6,9H,3H2;1-6H,8H2;1-6H;5H,1-3H3;1-2H2;1H2/b;3-1+,9-5-;3-1+;;;. The van der Waals surface area contributed by atoms with Crippen molar-refractivity contribution < 1.29 is 28.6 Å². The molecule has 0 radical (unpaired) electrons. The maximum absolute atomic E-state index is 9.77. The normalized spacial score (nSPS) is 13.6. The molecule has 0 saturated carbocycles. The van der Waals surface area contributed by atoms with Crippen LogP contribution in [0.15, 0.2) is 90.8 Å². The Balaban J connectivity index is 0. The number of allylic oxidation sites excluding steroid dienone is 2. The van der Waals surface area contributed by atoms with E-state index in [1.807, 2.05) is 30.5 Å². The quantitative estimate of drug-likeness (QED) is 0.110. The number of hydrogen-bond acceptors (Lipinski definition) is 11. The van der Waals surface area contributed by atoms with Crippen molar-refractivity contribution in [1.29, 1.82) is 0 Å². The van der Waals surface area contributed by atoms with Gasteiger partial charge in [0.15, 0.2) is 0 Å². The fourth-order valence-electron chi connectivity index (χ4n) is 2.12. The van der Waals surface area contributed by atoms with Gasteiger partial charge in [-0.05, 0) is 81.5 Å². The zero-order valence-electron chi connectivity index (χ0n) is 21.2. The van der Waals surface area contributed by atoms with E-state index in [0.29, 0.717) is 12.0 Å². The van der Waals surface area contributed by atoms with Crippen LogP contribution in [0, 0.1) is 0 Å². The molecule has 204 valence electrons. The van der Waals surface area contributed by atoms with Gasteiger partial charge in [-0.1, -0.05) is 0 Å². The topological polar surface area (TPSA) is 223 Å². The molecule has 1 aliphatic heterocycles. The Hall–Kier alpha value is -4.23. The van der Waals surface area contributed by atoms with E-state index >= 15 is 0 Å². The summed E-state index contributed by atoms with van der Waals surface area (Å²) in [6, 6.07) is 11.3. The third-order valence-electron chi connectivity index (χ3n) is 3.41. The molecule has 4 rings (SSSR count). The highest BCUT2D eigenvalue weighted by atomic mass is 16.3. The third-order valence-corrected chi connectivity index (χ3v) is 3.41. The highest BCUT2D eigenvalue weighted by Crippen LogP contribution is 2.18. The molecule has 1 atom stereocenters. The Morgan fingerprint density at radius 3 is 1.89 bits per heavy atom. The number of rotatable bonds is 5. The molecule has 12 nitrogen and oxygen atoms in total. The second-order valence-corrected chi connectivity index (χ2v) is 7.60. The summed E-state index contributed by atoms with van der Waals surface area (Å²) >= 11 is 0. The van der Waals surface area contributed by atoms with Gasteiger partial charge in [0.1, 0.15) is 29.6 Å². The van der Waals surface area contributed by atoms with E-state index in [9.17, 15) is 4.79 Å². The number of aldehydes is 1. The summed E-state index contributed by atoms with van der Waals surface area (Å²) in [4.78, 5) is 9.77. The Kier molecular flexibility index (Phi) is 21.0. The molecule has 0 saturated heterocycles. The van der Waals surface area contributed by atoms with Crippen LogP contribution in [-0.2, 0) is 4.79 Å². The molecule has 1 unspecified atom stereocenters. The van der Waals surface area contributed by atoms with E-state index in [2.05, 4.69) is 27.3 Å². The van der Waals surface area contributed by atoms with Crippen LogP contribution in [-0.4, -0.2) is 34.9 Å². The summed E-state index contributed by atoms with van der Waals surface area (Å²) in [5, 5.41) is 15.7. The molecular weight excluding hydrogens is 480 g/mol. The number of furan rings is 3. The minimum Gasteiger partial charge on any atom is -0.467 e. The van der Waals surface area contributed by atoms with Gasteiger partial charge in [-0.15, -0.1) is 0 Å². The second kappa shape index (κ2) is 22.2. The van der Waals surface area contributed by atoms with Crippen molar-refractivity contribution in [2.45, 2.75) is 38.8 Å². The van der Waals surface area contributed by atoms with Crippen molar-refractivity contribution in [3.8, 4) is 0 Å². The second-order valence-electron chi connectivity index (χ2n) is 7.60. The Morgan fingerprint density at radius 1 is 1.00 bits per heavy atom. The molecule has 0 amide bonds. The molecule has 0 aromatic carbocycles. The van der Waals surface area contributed by atoms with Gasteiger partial charge < -0.3 is 29.7 Å². The Morgan fingerprint density at radius 2 is 1.51 bits per heavy atom. The van der Waals surface area contributed by atoms with Crippen molar-refractivity contribution >= 4 is 30.9 Å². The first kappa shape index (κ1) is 34.9. The largest absolute Gasteiger partial charge is 0.467 e. The van der Waals surface area contributed by atoms with E-state index in [1.165, 1.54) is 12.3 Å². The van der Waals surface area contributed by atoms with E-state index in [-0.39, 0.29) is 11.5 Å². The number of nitrogens with zero attached hydrogens (tertiary/aromatic N) is 2. The SMILES string of the molecule is C1=NNC(c2ccco2)C1.CC(C)(C)O.N/N=C\C=C\c1ccco1.NN.O.O=C/C=C/c1ccco1. The van der Waals surface area contributed by atoms with Crippen LogP contribution in [0.2, 0.25) is 0 Å². The molecule has 0 bridgehead atoms. The number of aliphatic hydroxyl groups is 1. The summed E-state index contributed by atoms with van der Waals surface area (Å²) in [5.74, 6) is 15.3. The summed E-state index contributed by atoms with van der Waals surface area (Å²) in [6.45, 7) is 5.23. The summed E-state index contributed by atoms with van der Waals surface area (Å²) < 4.78 is 15.1. The van der Waals surface area contributed by atoms with Gasteiger partial charge in [-0.3, -0.25) is 21.9 Å². The predicted molar refractivity (Wildman–Crippen MR) is 146 cm³/mol. The highest BCUT2D eigenvalue weighted by Gasteiger charge is 2.14. The lowest BCUT2D eigenvalue weighted by Gasteiger charge is -2.04. The zero-order valence-corrected chi connectivity index (χ0v) is 21.2. The maximum Gasteiger partial charge on any atom is 0.142 e. The number of hydrazine groups is 1. The van der Waals surface area contributed by atoms with Gasteiger partial charge in [-0.2, -0.15) is 10.2 Å². The van der Waals surface area contributed by atoms with Crippen LogP contribution in [0.3, 0.4) is 0 Å². The van der Waals surface area contributed by atoms with Crippen LogP contribution in [0.4, 0.5) is 0 Å². The van der Waals surface area contributed by atoms with Crippen LogP contribution < -0.4 is 23.0 Å². The Labute approximate surface area is 216 Å². The predicted octanol–water partition coefficient (Wildman–Crippen LogP) is 2.80. The van der Waals surface area contributed by atoms with Crippen molar-refractivity contribution in [1.82, 2.24) is 5.43 Å². The number of hydrazone groups is 2. The first-order valence-corrected chi connectivity index (χ1v) is 10.8. The van der Waals surface area contributed by atoms with Crippen LogP contribution in [0.5, 0.6) is 0 Å². The van der Waals surface area contributed by atoms with E-state index in [4.69, 9.17) is 24.2 Å². The van der Waals surface area contributed by atoms with E-state index in [1.54, 1.807) is 69.9 Å².